The SMILES string of the molecule is CCCCCCC(C)(C)P1O[C@@](C)(c2ccccc2)[C@H]2CC(C)CN21. The van der Waals surface area contributed by atoms with Gasteiger partial charge in [-0.3, -0.25) is 4.67 Å². The lowest BCUT2D eigenvalue weighted by atomic mass is 9.86. The maximum Gasteiger partial charge on any atom is 0.112 e. The maximum absolute atomic E-state index is 6.96. The molecule has 0 aliphatic carbocycles. The lowest BCUT2D eigenvalue weighted by molar-refractivity contribution is 0.0852. The van der Waals surface area contributed by atoms with E-state index in [-0.39, 0.29) is 10.8 Å². The van der Waals surface area contributed by atoms with E-state index in [4.69, 9.17) is 4.52 Å². The summed E-state index contributed by atoms with van der Waals surface area (Å²) in [4.78, 5) is 0. The molecule has 0 spiro atoms. The Morgan fingerprint density at radius 3 is 2.60 bits per heavy atom. The summed E-state index contributed by atoms with van der Waals surface area (Å²) < 4.78 is 9.72. The van der Waals surface area contributed by atoms with Crippen LogP contribution in [0.4, 0.5) is 0 Å². The van der Waals surface area contributed by atoms with E-state index in [0.717, 1.165) is 5.92 Å². The molecular weight excluding hydrogens is 325 g/mol. The summed E-state index contributed by atoms with van der Waals surface area (Å²) in [6, 6.07) is 11.5. The Balaban J connectivity index is 1.81. The van der Waals surface area contributed by atoms with Crippen LogP contribution in [-0.2, 0) is 10.1 Å². The minimum Gasteiger partial charge on any atom is -0.331 e. The molecule has 1 aromatic rings. The molecule has 2 fully saturated rings. The van der Waals surface area contributed by atoms with Crippen molar-refractivity contribution in [3.8, 4) is 0 Å². The van der Waals surface area contributed by atoms with Crippen LogP contribution in [0.25, 0.3) is 0 Å². The zero-order chi connectivity index (χ0) is 18.1. The lowest BCUT2D eigenvalue weighted by Crippen LogP contribution is -2.37. The van der Waals surface area contributed by atoms with Crippen LogP contribution in [0.5, 0.6) is 0 Å². The third kappa shape index (κ3) is 3.82. The Hall–Kier alpha value is -0.430. The van der Waals surface area contributed by atoms with Gasteiger partial charge < -0.3 is 4.52 Å². The second-order valence-electron chi connectivity index (χ2n) is 8.94. The second kappa shape index (κ2) is 7.67. The highest BCUT2D eigenvalue weighted by atomic mass is 31.2. The number of unbranched alkanes of at least 4 members (excludes halogenated alkanes) is 3. The predicted octanol–water partition coefficient (Wildman–Crippen LogP) is 6.70. The summed E-state index contributed by atoms with van der Waals surface area (Å²) in [5.41, 5.74) is 1.20. The van der Waals surface area contributed by atoms with E-state index in [1.807, 2.05) is 0 Å². The van der Waals surface area contributed by atoms with E-state index in [0.29, 0.717) is 6.04 Å². The Labute approximate surface area is 156 Å². The number of rotatable bonds is 7. The molecule has 4 atom stereocenters. The quantitative estimate of drug-likeness (QED) is 0.395. The Bertz CT molecular complexity index is 560. The van der Waals surface area contributed by atoms with Crippen molar-refractivity contribution in [2.75, 3.05) is 6.54 Å². The molecule has 0 bridgehead atoms. The Kier molecular flexibility index (Phi) is 5.93. The van der Waals surface area contributed by atoms with E-state index in [9.17, 15) is 0 Å². The minimum absolute atomic E-state index is 0.154. The molecule has 0 aromatic heterocycles. The largest absolute Gasteiger partial charge is 0.331 e. The number of fused-ring (bicyclic) bond motifs is 1. The van der Waals surface area contributed by atoms with Gasteiger partial charge in [-0.05, 0) is 31.2 Å². The highest BCUT2D eigenvalue weighted by Gasteiger charge is 2.58. The summed E-state index contributed by atoms with van der Waals surface area (Å²) in [5.74, 6) is 0.776. The molecule has 2 aliphatic heterocycles. The summed E-state index contributed by atoms with van der Waals surface area (Å²) >= 11 is 0. The maximum atomic E-state index is 6.96. The van der Waals surface area contributed by atoms with Gasteiger partial charge in [0, 0.05) is 17.7 Å². The Morgan fingerprint density at radius 1 is 1.20 bits per heavy atom. The summed E-state index contributed by atoms with van der Waals surface area (Å²) in [7, 11) is -0.554. The van der Waals surface area contributed by atoms with E-state index in [2.05, 4.69) is 69.6 Å². The first-order chi connectivity index (χ1) is 11.9. The van der Waals surface area contributed by atoms with Gasteiger partial charge in [-0.15, -0.1) is 0 Å². The zero-order valence-corrected chi connectivity index (χ0v) is 17.7. The van der Waals surface area contributed by atoms with Gasteiger partial charge in [0.15, 0.2) is 0 Å². The van der Waals surface area contributed by atoms with Gasteiger partial charge in [0.25, 0.3) is 0 Å². The molecule has 0 saturated carbocycles. The van der Waals surface area contributed by atoms with Crippen LogP contribution in [0.3, 0.4) is 0 Å². The van der Waals surface area contributed by atoms with Crippen LogP contribution < -0.4 is 0 Å². The number of hydrogen-bond donors (Lipinski definition) is 0. The van der Waals surface area contributed by atoms with Crippen molar-refractivity contribution in [2.45, 2.75) is 89.9 Å². The predicted molar refractivity (Wildman–Crippen MR) is 109 cm³/mol. The van der Waals surface area contributed by atoms with Crippen molar-refractivity contribution in [1.29, 1.82) is 0 Å². The molecule has 1 aromatic carbocycles. The molecular formula is C22H36NOP. The molecule has 25 heavy (non-hydrogen) atoms. The lowest BCUT2D eigenvalue weighted by Gasteiger charge is -2.36. The summed E-state index contributed by atoms with van der Waals surface area (Å²) in [6.45, 7) is 13.1. The van der Waals surface area contributed by atoms with Crippen LogP contribution in [0.1, 0.15) is 78.7 Å². The van der Waals surface area contributed by atoms with Crippen molar-refractivity contribution in [3.63, 3.8) is 0 Å². The normalized spacial score (nSPS) is 32.9. The van der Waals surface area contributed by atoms with Crippen molar-refractivity contribution < 1.29 is 4.52 Å². The molecule has 2 unspecified atom stereocenters. The van der Waals surface area contributed by atoms with Gasteiger partial charge >= 0.3 is 0 Å². The van der Waals surface area contributed by atoms with Crippen LogP contribution in [-0.4, -0.2) is 22.4 Å². The average molecular weight is 362 g/mol. The first-order valence-corrected chi connectivity index (χ1v) is 11.4. The van der Waals surface area contributed by atoms with E-state index < -0.39 is 8.30 Å². The number of nitrogens with zero attached hydrogens (tertiary/aromatic N) is 1. The third-order valence-corrected chi connectivity index (χ3v) is 8.86. The highest BCUT2D eigenvalue weighted by molar-refractivity contribution is 7.52. The molecule has 0 radical (unpaired) electrons. The monoisotopic (exact) mass is 361 g/mol. The molecule has 3 rings (SSSR count). The van der Waals surface area contributed by atoms with Crippen molar-refractivity contribution in [1.82, 2.24) is 4.67 Å². The van der Waals surface area contributed by atoms with Gasteiger partial charge in [-0.2, -0.15) is 0 Å². The number of hydrogen-bond acceptors (Lipinski definition) is 2. The average Bonchev–Trinajstić information content (AvgIpc) is 3.10. The summed E-state index contributed by atoms with van der Waals surface area (Å²) in [5, 5.41) is 0.262. The van der Waals surface area contributed by atoms with Gasteiger partial charge in [0.05, 0.1) is 0 Å². The fraction of sp³-hybridized carbons (Fsp3) is 0.727. The van der Waals surface area contributed by atoms with Crippen LogP contribution in [0, 0.1) is 5.92 Å². The smallest absolute Gasteiger partial charge is 0.112 e. The molecule has 2 saturated heterocycles. The number of benzene rings is 1. The third-order valence-electron chi connectivity index (χ3n) is 6.14. The van der Waals surface area contributed by atoms with E-state index in [1.165, 1.54) is 50.6 Å². The second-order valence-corrected chi connectivity index (χ2v) is 11.4. The summed E-state index contributed by atoms with van der Waals surface area (Å²) in [6.07, 6.45) is 7.90. The van der Waals surface area contributed by atoms with Gasteiger partial charge in [-0.1, -0.05) is 83.7 Å². The van der Waals surface area contributed by atoms with Crippen LogP contribution >= 0.6 is 8.30 Å². The first-order valence-electron chi connectivity index (χ1n) is 10.2. The topological polar surface area (TPSA) is 12.5 Å². The highest BCUT2D eigenvalue weighted by Crippen LogP contribution is 2.69. The fourth-order valence-corrected chi connectivity index (χ4v) is 7.57. The van der Waals surface area contributed by atoms with Crippen LogP contribution in [0.15, 0.2) is 30.3 Å². The molecule has 140 valence electrons. The molecule has 0 N–H and O–H groups in total. The van der Waals surface area contributed by atoms with Crippen LogP contribution in [0.2, 0.25) is 0 Å². The Morgan fingerprint density at radius 2 is 1.92 bits per heavy atom. The minimum atomic E-state index is -0.554. The van der Waals surface area contributed by atoms with Gasteiger partial charge in [0.1, 0.15) is 13.9 Å². The van der Waals surface area contributed by atoms with E-state index >= 15 is 0 Å². The first kappa shape index (κ1) is 19.3. The fourth-order valence-electron chi connectivity index (χ4n) is 4.59. The molecule has 2 aliphatic rings. The molecule has 0 amide bonds. The van der Waals surface area contributed by atoms with Gasteiger partial charge in [0.2, 0.25) is 0 Å². The molecule has 3 heteroatoms. The van der Waals surface area contributed by atoms with Crippen molar-refractivity contribution >= 4 is 8.30 Å². The van der Waals surface area contributed by atoms with Gasteiger partial charge in [-0.25, -0.2) is 0 Å². The van der Waals surface area contributed by atoms with Crippen molar-refractivity contribution in [2.24, 2.45) is 5.92 Å². The van der Waals surface area contributed by atoms with E-state index in [1.54, 1.807) is 0 Å². The standard InChI is InChI=1S/C22H36NOP/c1-6-7-8-12-15-21(3,4)25-23-17-18(2)16-20(23)22(5,24-25)19-13-10-9-11-14-19/h9-11,13-14,18,20H,6-8,12,15-17H2,1-5H3/t18?,20-,22+,25?/m1/s1. The zero-order valence-electron chi connectivity index (χ0n) is 16.8. The van der Waals surface area contributed by atoms with Crippen molar-refractivity contribution in [3.05, 3.63) is 35.9 Å². The molecule has 2 heterocycles. The molecule has 2 nitrogen and oxygen atoms in total.